The van der Waals surface area contributed by atoms with Gasteiger partial charge in [0.15, 0.2) is 0 Å². The molecule has 9 nitrogen and oxygen atoms in total. The van der Waals surface area contributed by atoms with Crippen LogP contribution < -0.4 is 19.1 Å². The summed E-state index contributed by atoms with van der Waals surface area (Å²) in [6.07, 6.45) is 2.15. The molecule has 0 aliphatic carbocycles. The van der Waals surface area contributed by atoms with Gasteiger partial charge in [0.1, 0.15) is 24.1 Å². The number of carbonyl (C=O) groups is 2. The van der Waals surface area contributed by atoms with Crippen molar-refractivity contribution in [3.05, 3.63) is 54.1 Å². The first-order valence-electron chi connectivity index (χ1n) is 12.5. The number of hydrogen-bond acceptors (Lipinski definition) is 6. The molecular formula is C27H39N3O6S. The van der Waals surface area contributed by atoms with Crippen molar-refractivity contribution in [2.45, 2.75) is 59.2 Å². The highest BCUT2D eigenvalue weighted by Crippen LogP contribution is 2.23. The van der Waals surface area contributed by atoms with Gasteiger partial charge in [-0.3, -0.25) is 13.9 Å². The van der Waals surface area contributed by atoms with E-state index in [2.05, 4.69) is 5.32 Å². The fourth-order valence-electron chi connectivity index (χ4n) is 3.82. The van der Waals surface area contributed by atoms with E-state index in [1.54, 1.807) is 49.6 Å². The van der Waals surface area contributed by atoms with Gasteiger partial charge in [-0.15, -0.1) is 0 Å². The van der Waals surface area contributed by atoms with Gasteiger partial charge in [0.25, 0.3) is 0 Å². The molecule has 2 aromatic carbocycles. The Bertz CT molecular complexity index is 1140. The number of carbonyl (C=O) groups excluding carboxylic acids is 2. The van der Waals surface area contributed by atoms with Crippen LogP contribution in [0.2, 0.25) is 0 Å². The van der Waals surface area contributed by atoms with Crippen LogP contribution in [0.15, 0.2) is 48.5 Å². The third-order valence-corrected chi connectivity index (χ3v) is 7.13. The lowest BCUT2D eigenvalue weighted by atomic mass is 10.1. The van der Waals surface area contributed by atoms with Crippen LogP contribution in [0.1, 0.15) is 46.1 Å². The monoisotopic (exact) mass is 533 g/mol. The highest BCUT2D eigenvalue weighted by Gasteiger charge is 2.32. The van der Waals surface area contributed by atoms with Crippen molar-refractivity contribution in [1.82, 2.24) is 10.2 Å². The number of nitrogens with one attached hydrogen (secondary N) is 1. The molecule has 204 valence electrons. The smallest absolute Gasteiger partial charge is 0.244 e. The quantitative estimate of drug-likeness (QED) is 0.398. The van der Waals surface area contributed by atoms with Crippen molar-refractivity contribution in [1.29, 1.82) is 0 Å². The highest BCUT2D eigenvalue weighted by molar-refractivity contribution is 7.92. The minimum atomic E-state index is -3.81. The third-order valence-electron chi connectivity index (χ3n) is 5.99. The molecule has 0 radical (unpaired) electrons. The Balaban J connectivity index is 2.43. The van der Waals surface area contributed by atoms with Crippen LogP contribution in [0.5, 0.6) is 11.5 Å². The average Bonchev–Trinajstić information content (AvgIpc) is 2.87. The van der Waals surface area contributed by atoms with E-state index in [0.717, 1.165) is 22.5 Å². The maximum Gasteiger partial charge on any atom is 0.244 e. The van der Waals surface area contributed by atoms with E-state index < -0.39 is 28.5 Å². The summed E-state index contributed by atoms with van der Waals surface area (Å²) in [7, 11) is -2.25. The summed E-state index contributed by atoms with van der Waals surface area (Å²) in [6, 6.07) is 12.9. The van der Waals surface area contributed by atoms with Crippen molar-refractivity contribution < 1.29 is 27.5 Å². The molecule has 2 atom stereocenters. The number of anilines is 1. The second kappa shape index (κ2) is 13.9. The van der Waals surface area contributed by atoms with Gasteiger partial charge in [-0.2, -0.15) is 0 Å². The summed E-state index contributed by atoms with van der Waals surface area (Å²) in [5.74, 6) is 0.445. The highest BCUT2D eigenvalue weighted by atomic mass is 32.2. The summed E-state index contributed by atoms with van der Waals surface area (Å²) in [4.78, 5) is 28.4. The van der Waals surface area contributed by atoms with Crippen LogP contribution >= 0.6 is 0 Å². The molecule has 2 aromatic rings. The molecule has 0 spiro atoms. The number of hydrogen-bond donors (Lipinski definition) is 1. The minimum absolute atomic E-state index is 0.0632. The van der Waals surface area contributed by atoms with Crippen molar-refractivity contribution in [2.75, 3.05) is 30.8 Å². The van der Waals surface area contributed by atoms with Gasteiger partial charge in [-0.1, -0.05) is 26.0 Å². The summed E-state index contributed by atoms with van der Waals surface area (Å²) in [6.45, 7) is 7.68. The van der Waals surface area contributed by atoms with Gasteiger partial charge in [0.05, 0.1) is 25.7 Å². The first-order chi connectivity index (χ1) is 17.5. The fraction of sp³-hybridized carbons (Fsp3) is 0.481. The normalized spacial score (nSPS) is 12.8. The van der Waals surface area contributed by atoms with Gasteiger partial charge < -0.3 is 19.7 Å². The zero-order valence-corrected chi connectivity index (χ0v) is 23.4. The van der Waals surface area contributed by atoms with Gasteiger partial charge in [-0.05, 0) is 68.7 Å². The molecule has 2 rings (SSSR count). The van der Waals surface area contributed by atoms with Gasteiger partial charge >= 0.3 is 0 Å². The predicted octanol–water partition coefficient (Wildman–Crippen LogP) is 3.58. The van der Waals surface area contributed by atoms with E-state index in [1.807, 2.05) is 33.8 Å². The lowest BCUT2D eigenvalue weighted by Gasteiger charge is -2.33. The van der Waals surface area contributed by atoms with E-state index in [0.29, 0.717) is 30.2 Å². The Hall–Kier alpha value is -3.27. The summed E-state index contributed by atoms with van der Waals surface area (Å²) in [5, 5.41) is 2.95. The Kier molecular flexibility index (Phi) is 11.2. The topological polar surface area (TPSA) is 105 Å². The summed E-state index contributed by atoms with van der Waals surface area (Å²) < 4.78 is 37.3. The number of methoxy groups -OCH3 is 1. The van der Waals surface area contributed by atoms with Crippen molar-refractivity contribution in [3.63, 3.8) is 0 Å². The molecule has 2 unspecified atom stereocenters. The SMILES string of the molecule is CCOc1ccc(N(CC(=O)N(Cc2cccc(OC)c2)C(CC)C(=O)NC(C)CC)S(C)(=O)=O)cc1. The number of rotatable bonds is 14. The molecule has 0 aliphatic rings. The van der Waals surface area contributed by atoms with E-state index in [4.69, 9.17) is 9.47 Å². The molecule has 0 saturated carbocycles. The molecular weight excluding hydrogens is 494 g/mol. The molecule has 0 aliphatic heterocycles. The molecule has 0 saturated heterocycles. The largest absolute Gasteiger partial charge is 0.497 e. The molecule has 0 aromatic heterocycles. The lowest BCUT2D eigenvalue weighted by Crippen LogP contribution is -2.53. The molecule has 10 heteroatoms. The van der Waals surface area contributed by atoms with Crippen molar-refractivity contribution >= 4 is 27.5 Å². The van der Waals surface area contributed by atoms with E-state index in [1.165, 1.54) is 4.90 Å². The van der Waals surface area contributed by atoms with E-state index in [-0.39, 0.29) is 18.5 Å². The van der Waals surface area contributed by atoms with Crippen LogP contribution in [0, 0.1) is 0 Å². The van der Waals surface area contributed by atoms with Crippen LogP contribution in [-0.4, -0.2) is 63.7 Å². The van der Waals surface area contributed by atoms with Crippen molar-refractivity contribution in [3.8, 4) is 11.5 Å². The molecule has 0 heterocycles. The third kappa shape index (κ3) is 8.66. The Morgan fingerprint density at radius 3 is 2.22 bits per heavy atom. The van der Waals surface area contributed by atoms with Crippen LogP contribution in [0.4, 0.5) is 5.69 Å². The van der Waals surface area contributed by atoms with Gasteiger partial charge in [0.2, 0.25) is 21.8 Å². The van der Waals surface area contributed by atoms with Crippen molar-refractivity contribution in [2.24, 2.45) is 0 Å². The molecule has 37 heavy (non-hydrogen) atoms. The Morgan fingerprint density at radius 1 is 1.00 bits per heavy atom. The first-order valence-corrected chi connectivity index (χ1v) is 14.3. The predicted molar refractivity (Wildman–Crippen MR) is 145 cm³/mol. The van der Waals surface area contributed by atoms with E-state index >= 15 is 0 Å². The van der Waals surface area contributed by atoms with Gasteiger partial charge in [0, 0.05) is 12.6 Å². The van der Waals surface area contributed by atoms with Crippen LogP contribution in [0.25, 0.3) is 0 Å². The standard InChI is InChI=1S/C27H39N3O6S/c1-7-20(4)28-27(32)25(8-2)29(18-21-11-10-12-24(17-21)35-5)26(31)19-30(37(6,33)34)22-13-15-23(16-14-22)36-9-3/h10-17,20,25H,7-9,18-19H2,1-6H3,(H,28,32). The van der Waals surface area contributed by atoms with E-state index in [9.17, 15) is 18.0 Å². The minimum Gasteiger partial charge on any atom is -0.497 e. The number of nitrogens with zero attached hydrogens (tertiary/aromatic N) is 2. The van der Waals surface area contributed by atoms with Crippen LogP contribution in [0.3, 0.4) is 0 Å². The maximum absolute atomic E-state index is 13.7. The Morgan fingerprint density at radius 2 is 1.68 bits per heavy atom. The lowest BCUT2D eigenvalue weighted by molar-refractivity contribution is -0.140. The number of benzene rings is 2. The fourth-order valence-corrected chi connectivity index (χ4v) is 4.67. The van der Waals surface area contributed by atoms with Gasteiger partial charge in [-0.25, -0.2) is 8.42 Å². The Labute approximate surface area is 220 Å². The molecule has 0 fully saturated rings. The second-order valence-corrected chi connectivity index (χ2v) is 10.7. The van der Waals surface area contributed by atoms with Crippen LogP contribution in [-0.2, 0) is 26.2 Å². The number of ether oxygens (including phenoxy) is 2. The summed E-state index contributed by atoms with van der Waals surface area (Å²) >= 11 is 0. The average molecular weight is 534 g/mol. The number of sulfonamides is 1. The molecule has 1 N–H and O–H groups in total. The number of amides is 2. The summed E-state index contributed by atoms with van der Waals surface area (Å²) in [5.41, 5.74) is 1.09. The molecule has 2 amide bonds. The zero-order valence-electron chi connectivity index (χ0n) is 22.6. The zero-order chi connectivity index (χ0) is 27.6. The maximum atomic E-state index is 13.7. The second-order valence-electron chi connectivity index (χ2n) is 8.81. The molecule has 0 bridgehead atoms. The first kappa shape index (κ1) is 30.0.